The molecular weight excluding hydrogens is 354 g/mol. The van der Waals surface area contributed by atoms with E-state index in [1.807, 2.05) is 19.1 Å². The molecule has 0 atom stereocenters. The first-order valence-electron chi connectivity index (χ1n) is 7.98. The molecule has 5 rings (SSSR count). The van der Waals surface area contributed by atoms with Gasteiger partial charge in [-0.2, -0.15) is 0 Å². The Morgan fingerprint density at radius 2 is 2.16 bits per heavy atom. The van der Waals surface area contributed by atoms with Crippen LogP contribution in [0.3, 0.4) is 0 Å². The summed E-state index contributed by atoms with van der Waals surface area (Å²) in [5.74, 6) is 1.23. The highest BCUT2D eigenvalue weighted by molar-refractivity contribution is 7.99. The van der Waals surface area contributed by atoms with Gasteiger partial charge >= 0.3 is 0 Å². The molecule has 0 aliphatic heterocycles. The van der Waals surface area contributed by atoms with Crippen molar-refractivity contribution in [2.24, 2.45) is 0 Å². The van der Waals surface area contributed by atoms with E-state index in [2.05, 4.69) is 25.1 Å². The van der Waals surface area contributed by atoms with Gasteiger partial charge in [0.05, 0.1) is 5.56 Å². The first-order valence-corrected chi connectivity index (χ1v) is 9.62. The quantitative estimate of drug-likeness (QED) is 0.505. The predicted octanol–water partition coefficient (Wildman–Crippen LogP) is 4.08. The number of aryl methyl sites for hydroxylation is 3. The number of pyridine rings is 1. The summed E-state index contributed by atoms with van der Waals surface area (Å²) in [5, 5.41) is 10.8. The van der Waals surface area contributed by atoms with E-state index in [9.17, 15) is 0 Å². The summed E-state index contributed by atoms with van der Waals surface area (Å²) in [4.78, 5) is 15.9. The van der Waals surface area contributed by atoms with Crippen molar-refractivity contribution in [1.82, 2.24) is 25.1 Å². The monoisotopic (exact) mass is 367 g/mol. The van der Waals surface area contributed by atoms with Crippen molar-refractivity contribution in [1.29, 1.82) is 0 Å². The van der Waals surface area contributed by atoms with Gasteiger partial charge in [-0.1, -0.05) is 0 Å². The third-order valence-electron chi connectivity index (χ3n) is 4.14. The summed E-state index contributed by atoms with van der Waals surface area (Å²) in [6, 6.07) is 3.74. The van der Waals surface area contributed by atoms with Gasteiger partial charge in [-0.05, 0) is 55.6 Å². The largest absolute Gasteiger partial charge is 0.411 e. The normalized spacial score (nSPS) is 13.5. The average Bonchev–Trinajstić information content (AvgIpc) is 3.31. The van der Waals surface area contributed by atoms with Crippen LogP contribution in [-0.2, 0) is 12.8 Å². The third kappa shape index (κ3) is 2.61. The number of nitrogens with zero attached hydrogens (tertiary/aromatic N) is 5. The van der Waals surface area contributed by atoms with Crippen molar-refractivity contribution in [2.75, 3.05) is 0 Å². The van der Waals surface area contributed by atoms with Crippen LogP contribution in [0.4, 0.5) is 0 Å². The van der Waals surface area contributed by atoms with Gasteiger partial charge in [0.25, 0.3) is 5.22 Å². The minimum Gasteiger partial charge on any atom is -0.411 e. The van der Waals surface area contributed by atoms with Crippen LogP contribution in [-0.4, -0.2) is 25.1 Å². The van der Waals surface area contributed by atoms with Crippen LogP contribution in [0.1, 0.15) is 22.7 Å². The molecule has 1 aliphatic carbocycles. The Kier molecular flexibility index (Phi) is 3.53. The maximum absolute atomic E-state index is 5.80. The summed E-state index contributed by atoms with van der Waals surface area (Å²) in [5.41, 5.74) is 2.21. The van der Waals surface area contributed by atoms with E-state index in [0.29, 0.717) is 11.1 Å². The Morgan fingerprint density at radius 1 is 1.20 bits per heavy atom. The van der Waals surface area contributed by atoms with Gasteiger partial charge in [0.2, 0.25) is 5.89 Å². The molecule has 4 heterocycles. The van der Waals surface area contributed by atoms with Crippen LogP contribution in [0.25, 0.3) is 21.7 Å². The zero-order valence-electron chi connectivity index (χ0n) is 13.4. The summed E-state index contributed by atoms with van der Waals surface area (Å²) < 4.78 is 5.80. The predicted molar refractivity (Wildman–Crippen MR) is 95.8 cm³/mol. The van der Waals surface area contributed by atoms with Crippen molar-refractivity contribution in [3.8, 4) is 11.5 Å². The molecule has 0 fully saturated rings. The molecule has 0 saturated carbocycles. The molecule has 0 radical (unpaired) electrons. The standard InChI is InChI=1S/C17H13N5OS2/c1-9-19-15-13(11-5-2-6-12(11)24-15)16(20-9)25-17-22-21-14(23-17)10-4-3-7-18-8-10/h3-4,7-8H,2,5-6H2,1H3. The minimum absolute atomic E-state index is 0.466. The highest BCUT2D eigenvalue weighted by Gasteiger charge is 2.23. The first-order chi connectivity index (χ1) is 12.3. The van der Waals surface area contributed by atoms with Crippen LogP contribution < -0.4 is 0 Å². The molecule has 0 saturated heterocycles. The first kappa shape index (κ1) is 15.0. The van der Waals surface area contributed by atoms with Gasteiger partial charge < -0.3 is 4.42 Å². The summed E-state index contributed by atoms with van der Waals surface area (Å²) in [6.07, 6.45) is 6.87. The summed E-state index contributed by atoms with van der Waals surface area (Å²) in [6.45, 7) is 1.92. The van der Waals surface area contributed by atoms with E-state index >= 15 is 0 Å². The molecule has 0 spiro atoms. The summed E-state index contributed by atoms with van der Waals surface area (Å²) >= 11 is 3.20. The van der Waals surface area contributed by atoms with E-state index in [-0.39, 0.29) is 0 Å². The molecule has 0 aromatic carbocycles. The Hall–Kier alpha value is -2.32. The van der Waals surface area contributed by atoms with E-state index in [0.717, 1.165) is 39.5 Å². The SMILES string of the molecule is Cc1nc(Sc2nnc(-c3cccnc3)o2)c2c3c(sc2n1)CCC3. The second-order valence-corrected chi connectivity index (χ2v) is 7.85. The molecule has 0 N–H and O–H groups in total. The molecule has 8 heteroatoms. The molecule has 1 aliphatic rings. The Bertz CT molecular complexity index is 1070. The van der Waals surface area contributed by atoms with Gasteiger partial charge in [-0.25, -0.2) is 9.97 Å². The Labute approximate surface area is 151 Å². The zero-order chi connectivity index (χ0) is 16.8. The van der Waals surface area contributed by atoms with E-state index < -0.39 is 0 Å². The van der Waals surface area contributed by atoms with E-state index in [1.165, 1.54) is 28.6 Å². The lowest BCUT2D eigenvalue weighted by Gasteiger charge is -2.02. The maximum atomic E-state index is 5.80. The lowest BCUT2D eigenvalue weighted by Crippen LogP contribution is -1.92. The highest BCUT2D eigenvalue weighted by Crippen LogP contribution is 2.42. The average molecular weight is 367 g/mol. The number of rotatable bonds is 3. The lowest BCUT2D eigenvalue weighted by atomic mass is 10.2. The van der Waals surface area contributed by atoms with Crippen molar-refractivity contribution in [3.05, 3.63) is 40.8 Å². The van der Waals surface area contributed by atoms with Crippen molar-refractivity contribution >= 4 is 33.3 Å². The van der Waals surface area contributed by atoms with Gasteiger partial charge in [0.1, 0.15) is 15.7 Å². The van der Waals surface area contributed by atoms with Crippen LogP contribution >= 0.6 is 23.1 Å². The molecule has 25 heavy (non-hydrogen) atoms. The number of fused-ring (bicyclic) bond motifs is 3. The number of thiophene rings is 1. The number of hydrogen-bond acceptors (Lipinski definition) is 8. The molecule has 6 nitrogen and oxygen atoms in total. The molecule has 124 valence electrons. The van der Waals surface area contributed by atoms with Crippen molar-refractivity contribution < 1.29 is 4.42 Å². The van der Waals surface area contributed by atoms with E-state index in [1.54, 1.807) is 23.7 Å². The van der Waals surface area contributed by atoms with Gasteiger partial charge in [0, 0.05) is 22.7 Å². The molecular formula is C17H13N5OS2. The zero-order valence-corrected chi connectivity index (χ0v) is 15.0. The Morgan fingerprint density at radius 3 is 3.04 bits per heavy atom. The molecule has 0 amide bonds. The van der Waals surface area contributed by atoms with Crippen LogP contribution in [0.15, 0.2) is 39.2 Å². The number of aromatic nitrogens is 5. The third-order valence-corrected chi connectivity index (χ3v) is 6.16. The smallest absolute Gasteiger partial charge is 0.283 e. The second kappa shape index (κ2) is 5.89. The molecule has 4 aromatic heterocycles. The van der Waals surface area contributed by atoms with Crippen LogP contribution in [0.5, 0.6) is 0 Å². The maximum Gasteiger partial charge on any atom is 0.283 e. The fourth-order valence-electron chi connectivity index (χ4n) is 3.08. The molecule has 4 aromatic rings. The van der Waals surface area contributed by atoms with Gasteiger partial charge in [0.15, 0.2) is 0 Å². The second-order valence-electron chi connectivity index (χ2n) is 5.83. The van der Waals surface area contributed by atoms with Crippen LogP contribution in [0.2, 0.25) is 0 Å². The topological polar surface area (TPSA) is 77.6 Å². The highest BCUT2D eigenvalue weighted by atomic mass is 32.2. The fraction of sp³-hybridized carbons (Fsp3) is 0.235. The Balaban J connectivity index is 1.55. The van der Waals surface area contributed by atoms with Gasteiger partial charge in [-0.3, -0.25) is 4.98 Å². The minimum atomic E-state index is 0.466. The van der Waals surface area contributed by atoms with E-state index in [4.69, 9.17) is 4.42 Å². The van der Waals surface area contributed by atoms with Crippen LogP contribution in [0, 0.1) is 6.92 Å². The number of hydrogen-bond donors (Lipinski definition) is 0. The van der Waals surface area contributed by atoms with Crippen molar-refractivity contribution in [3.63, 3.8) is 0 Å². The lowest BCUT2D eigenvalue weighted by molar-refractivity contribution is 0.465. The van der Waals surface area contributed by atoms with Crippen molar-refractivity contribution in [2.45, 2.75) is 36.4 Å². The summed E-state index contributed by atoms with van der Waals surface area (Å²) in [7, 11) is 0. The molecule has 0 bridgehead atoms. The van der Waals surface area contributed by atoms with Gasteiger partial charge in [-0.15, -0.1) is 21.5 Å². The molecule has 0 unspecified atom stereocenters. The fourth-order valence-corrected chi connectivity index (χ4v) is 5.32.